The first-order valence-electron chi connectivity index (χ1n) is 6.94. The highest BCUT2D eigenvalue weighted by atomic mass is 35.5. The second-order valence-corrected chi connectivity index (χ2v) is 5.81. The molecule has 2 aliphatic rings. The summed E-state index contributed by atoms with van der Waals surface area (Å²) in [7, 11) is 0. The predicted molar refractivity (Wildman–Crippen MR) is 75.0 cm³/mol. The van der Waals surface area contributed by atoms with Gasteiger partial charge in [0.25, 0.3) is 0 Å². The molecule has 2 heterocycles. The molecule has 2 N–H and O–H groups in total. The van der Waals surface area contributed by atoms with Gasteiger partial charge in [-0.15, -0.1) is 0 Å². The van der Waals surface area contributed by atoms with Gasteiger partial charge in [-0.1, -0.05) is 18.0 Å². The Bertz CT molecular complexity index is 387. The lowest BCUT2D eigenvalue weighted by molar-refractivity contribution is 0.376. The van der Waals surface area contributed by atoms with Crippen LogP contribution < -0.4 is 10.6 Å². The van der Waals surface area contributed by atoms with Crippen LogP contribution in [0.2, 0.25) is 5.15 Å². The zero-order valence-corrected chi connectivity index (χ0v) is 11.3. The normalized spacial score (nSPS) is 31.7. The Balaban J connectivity index is 1.65. The van der Waals surface area contributed by atoms with Crippen LogP contribution >= 0.6 is 11.6 Å². The molecule has 98 valence electrons. The Morgan fingerprint density at radius 3 is 2.89 bits per heavy atom. The molecule has 2 fully saturated rings. The first kappa shape index (κ1) is 12.2. The molecule has 1 aliphatic carbocycles. The SMILES string of the molecule is Clc1ccc(NC2CCCC2C2CCCN2)cn1. The van der Waals surface area contributed by atoms with E-state index in [-0.39, 0.29) is 0 Å². The van der Waals surface area contributed by atoms with Gasteiger partial charge in [0, 0.05) is 12.1 Å². The van der Waals surface area contributed by atoms with Crippen molar-refractivity contribution < 1.29 is 0 Å². The van der Waals surface area contributed by atoms with Gasteiger partial charge in [0.15, 0.2) is 0 Å². The Kier molecular flexibility index (Phi) is 3.71. The van der Waals surface area contributed by atoms with Gasteiger partial charge in [-0.2, -0.15) is 0 Å². The lowest BCUT2D eigenvalue weighted by atomic mass is 9.93. The minimum Gasteiger partial charge on any atom is -0.381 e. The Morgan fingerprint density at radius 2 is 2.17 bits per heavy atom. The molecule has 3 unspecified atom stereocenters. The van der Waals surface area contributed by atoms with Crippen LogP contribution in [0.3, 0.4) is 0 Å². The second-order valence-electron chi connectivity index (χ2n) is 5.42. The van der Waals surface area contributed by atoms with Gasteiger partial charge < -0.3 is 10.6 Å². The monoisotopic (exact) mass is 265 g/mol. The van der Waals surface area contributed by atoms with Crippen molar-refractivity contribution in [3.8, 4) is 0 Å². The van der Waals surface area contributed by atoms with Crippen molar-refractivity contribution in [1.82, 2.24) is 10.3 Å². The molecule has 1 aromatic rings. The number of halogens is 1. The number of anilines is 1. The van der Waals surface area contributed by atoms with Crippen LogP contribution in [0.1, 0.15) is 32.1 Å². The van der Waals surface area contributed by atoms with E-state index < -0.39 is 0 Å². The summed E-state index contributed by atoms with van der Waals surface area (Å²) in [5.41, 5.74) is 1.09. The van der Waals surface area contributed by atoms with E-state index in [9.17, 15) is 0 Å². The summed E-state index contributed by atoms with van der Waals surface area (Å²) in [5.74, 6) is 0.767. The van der Waals surface area contributed by atoms with E-state index in [2.05, 4.69) is 15.6 Å². The average Bonchev–Trinajstić information content (AvgIpc) is 3.02. The quantitative estimate of drug-likeness (QED) is 0.825. The van der Waals surface area contributed by atoms with Crippen LogP contribution in [0.15, 0.2) is 18.3 Å². The maximum absolute atomic E-state index is 5.81. The fourth-order valence-corrected chi connectivity index (χ4v) is 3.51. The third-order valence-corrected chi connectivity index (χ3v) is 4.49. The Morgan fingerprint density at radius 1 is 1.22 bits per heavy atom. The van der Waals surface area contributed by atoms with Gasteiger partial charge in [0.2, 0.25) is 0 Å². The van der Waals surface area contributed by atoms with Crippen LogP contribution in [0, 0.1) is 5.92 Å². The van der Waals surface area contributed by atoms with Crippen LogP contribution in [-0.4, -0.2) is 23.6 Å². The van der Waals surface area contributed by atoms with E-state index in [4.69, 9.17) is 11.6 Å². The molecule has 0 spiro atoms. The fourth-order valence-electron chi connectivity index (χ4n) is 3.40. The van der Waals surface area contributed by atoms with Gasteiger partial charge in [0.05, 0.1) is 11.9 Å². The topological polar surface area (TPSA) is 37.0 Å². The highest BCUT2D eigenvalue weighted by Gasteiger charge is 2.34. The van der Waals surface area contributed by atoms with Crippen molar-refractivity contribution in [2.75, 3.05) is 11.9 Å². The first-order chi connectivity index (χ1) is 8.83. The van der Waals surface area contributed by atoms with Crippen LogP contribution in [0.25, 0.3) is 0 Å². The predicted octanol–water partition coefficient (Wildman–Crippen LogP) is 3.07. The Hall–Kier alpha value is -0.800. The van der Waals surface area contributed by atoms with Crippen LogP contribution in [-0.2, 0) is 0 Å². The summed E-state index contributed by atoms with van der Waals surface area (Å²) in [6.45, 7) is 1.19. The van der Waals surface area contributed by atoms with Crippen LogP contribution in [0.5, 0.6) is 0 Å². The summed E-state index contributed by atoms with van der Waals surface area (Å²) in [6.07, 6.45) is 8.45. The Labute approximate surface area is 113 Å². The maximum atomic E-state index is 5.81. The van der Waals surface area contributed by atoms with Crippen molar-refractivity contribution in [2.24, 2.45) is 5.92 Å². The molecule has 1 saturated carbocycles. The summed E-state index contributed by atoms with van der Waals surface area (Å²) in [5, 5.41) is 7.84. The molecule has 4 heteroatoms. The summed E-state index contributed by atoms with van der Waals surface area (Å²) in [6, 6.07) is 5.17. The van der Waals surface area contributed by atoms with Crippen molar-refractivity contribution in [2.45, 2.75) is 44.2 Å². The zero-order valence-electron chi connectivity index (χ0n) is 10.5. The van der Waals surface area contributed by atoms with Gasteiger partial charge in [-0.05, 0) is 50.3 Å². The molecule has 0 radical (unpaired) electrons. The van der Waals surface area contributed by atoms with Gasteiger partial charge >= 0.3 is 0 Å². The zero-order chi connectivity index (χ0) is 12.4. The third kappa shape index (κ3) is 2.62. The van der Waals surface area contributed by atoms with E-state index in [1.807, 2.05) is 18.3 Å². The van der Waals surface area contributed by atoms with E-state index in [1.54, 1.807) is 0 Å². The number of hydrogen-bond acceptors (Lipinski definition) is 3. The summed E-state index contributed by atoms with van der Waals surface area (Å²) >= 11 is 5.81. The van der Waals surface area contributed by atoms with Gasteiger partial charge in [0.1, 0.15) is 5.15 Å². The van der Waals surface area contributed by atoms with E-state index in [0.717, 1.165) is 11.6 Å². The van der Waals surface area contributed by atoms with Crippen molar-refractivity contribution >= 4 is 17.3 Å². The number of aromatic nitrogens is 1. The lowest BCUT2D eigenvalue weighted by Crippen LogP contribution is -2.38. The number of rotatable bonds is 3. The van der Waals surface area contributed by atoms with Crippen molar-refractivity contribution in [3.05, 3.63) is 23.5 Å². The van der Waals surface area contributed by atoms with E-state index in [1.165, 1.54) is 38.6 Å². The molecule has 1 saturated heterocycles. The minimum absolute atomic E-state index is 0.556. The van der Waals surface area contributed by atoms with Crippen molar-refractivity contribution in [1.29, 1.82) is 0 Å². The van der Waals surface area contributed by atoms with Crippen molar-refractivity contribution in [3.63, 3.8) is 0 Å². The molecule has 0 aromatic carbocycles. The molecule has 3 atom stereocenters. The third-order valence-electron chi connectivity index (χ3n) is 4.26. The lowest BCUT2D eigenvalue weighted by Gasteiger charge is -2.27. The van der Waals surface area contributed by atoms with Gasteiger partial charge in [-0.3, -0.25) is 0 Å². The molecule has 18 heavy (non-hydrogen) atoms. The number of nitrogens with zero attached hydrogens (tertiary/aromatic N) is 1. The van der Waals surface area contributed by atoms with E-state index >= 15 is 0 Å². The molecule has 3 rings (SSSR count). The number of pyridine rings is 1. The molecule has 0 bridgehead atoms. The minimum atomic E-state index is 0.556. The molecular formula is C14H20ClN3. The highest BCUT2D eigenvalue weighted by molar-refractivity contribution is 6.29. The molecule has 1 aliphatic heterocycles. The highest BCUT2D eigenvalue weighted by Crippen LogP contribution is 2.33. The summed E-state index contributed by atoms with van der Waals surface area (Å²) in [4.78, 5) is 4.13. The van der Waals surface area contributed by atoms with E-state index in [0.29, 0.717) is 17.2 Å². The smallest absolute Gasteiger partial charge is 0.129 e. The van der Waals surface area contributed by atoms with Gasteiger partial charge in [-0.25, -0.2) is 4.98 Å². The second kappa shape index (κ2) is 5.45. The van der Waals surface area contributed by atoms with Crippen LogP contribution in [0.4, 0.5) is 5.69 Å². The largest absolute Gasteiger partial charge is 0.381 e. The number of hydrogen-bond donors (Lipinski definition) is 2. The molecule has 3 nitrogen and oxygen atoms in total. The first-order valence-corrected chi connectivity index (χ1v) is 7.32. The molecular weight excluding hydrogens is 246 g/mol. The fraction of sp³-hybridized carbons (Fsp3) is 0.643. The maximum Gasteiger partial charge on any atom is 0.129 e. The molecule has 0 amide bonds. The molecule has 1 aromatic heterocycles. The standard InChI is InChI=1S/C14H20ClN3/c15-14-7-6-10(9-17-14)18-13-4-1-3-11(13)12-5-2-8-16-12/h6-7,9,11-13,16,18H,1-5,8H2. The number of nitrogens with one attached hydrogen (secondary N) is 2. The summed E-state index contributed by atoms with van der Waals surface area (Å²) < 4.78 is 0. The average molecular weight is 266 g/mol.